The van der Waals surface area contributed by atoms with Crippen LogP contribution in [0.15, 0.2) is 54.4 Å². The van der Waals surface area contributed by atoms with Gasteiger partial charge in [-0.15, -0.1) is 0 Å². The van der Waals surface area contributed by atoms with E-state index in [9.17, 15) is 14.7 Å². The van der Waals surface area contributed by atoms with Gasteiger partial charge in [-0.3, -0.25) is 14.6 Å². The number of hydrogen-bond donors (Lipinski definition) is 1. The fraction of sp³-hybridized carbons (Fsp3) is 0.348. The maximum absolute atomic E-state index is 12.9. The van der Waals surface area contributed by atoms with Gasteiger partial charge in [0.25, 0.3) is 11.7 Å². The Morgan fingerprint density at radius 2 is 1.69 bits per heavy atom. The van der Waals surface area contributed by atoms with Crippen LogP contribution in [0.3, 0.4) is 0 Å². The Bertz CT molecular complexity index is 903. The number of carbonyl (C=O) groups excluding carboxylic acids is 2. The van der Waals surface area contributed by atoms with Crippen LogP contribution in [-0.4, -0.2) is 57.8 Å². The summed E-state index contributed by atoms with van der Waals surface area (Å²) in [6, 6.07) is 10.2. The second-order valence-electron chi connectivity index (χ2n) is 7.17. The summed E-state index contributed by atoms with van der Waals surface area (Å²) in [6.45, 7) is 8.88. The van der Waals surface area contributed by atoms with Crippen molar-refractivity contribution in [3.63, 3.8) is 0 Å². The minimum atomic E-state index is -0.649. The molecular formula is C23H27N3O3. The van der Waals surface area contributed by atoms with E-state index >= 15 is 0 Å². The Kier molecular flexibility index (Phi) is 6.44. The number of benzene rings is 1. The third-order valence-corrected chi connectivity index (χ3v) is 5.44. The van der Waals surface area contributed by atoms with Crippen molar-refractivity contribution in [1.29, 1.82) is 0 Å². The quantitative estimate of drug-likeness (QED) is 0.444. The molecule has 6 heteroatoms. The first-order chi connectivity index (χ1) is 14.0. The number of pyridine rings is 1. The number of aliphatic hydroxyl groups is 1. The van der Waals surface area contributed by atoms with Crippen LogP contribution in [0, 0.1) is 6.92 Å². The van der Waals surface area contributed by atoms with Gasteiger partial charge in [-0.2, -0.15) is 0 Å². The molecule has 1 atom stereocenters. The van der Waals surface area contributed by atoms with Crippen LogP contribution in [0.1, 0.15) is 36.6 Å². The standard InChI is InChI=1S/C23H27N3O3/c1-4-25(5-2)14-15-26-20(17-10-12-24-13-11-17)19(22(28)23(26)29)21(27)18-8-6-16(3)7-9-18/h6-13,20,27H,4-5,14-15H2,1-3H3/b21-19+/t20-/m0/s1. The molecule has 1 aromatic heterocycles. The Morgan fingerprint density at radius 1 is 1.07 bits per heavy atom. The minimum Gasteiger partial charge on any atom is -0.507 e. The summed E-state index contributed by atoms with van der Waals surface area (Å²) in [6.07, 6.45) is 3.26. The van der Waals surface area contributed by atoms with Crippen molar-refractivity contribution in [3.8, 4) is 0 Å². The average molecular weight is 393 g/mol. The highest BCUT2D eigenvalue weighted by Crippen LogP contribution is 2.39. The topological polar surface area (TPSA) is 73.7 Å². The van der Waals surface area contributed by atoms with E-state index in [1.54, 1.807) is 41.6 Å². The largest absolute Gasteiger partial charge is 0.507 e. The number of nitrogens with zero attached hydrogens (tertiary/aromatic N) is 3. The highest BCUT2D eigenvalue weighted by atomic mass is 16.3. The number of aromatic nitrogens is 1. The van der Waals surface area contributed by atoms with E-state index in [1.807, 2.05) is 19.1 Å². The highest BCUT2D eigenvalue weighted by molar-refractivity contribution is 6.46. The first kappa shape index (κ1) is 20.7. The Hall–Kier alpha value is -2.99. The molecule has 0 bridgehead atoms. The maximum atomic E-state index is 12.9. The number of rotatable bonds is 7. The van der Waals surface area contributed by atoms with Gasteiger partial charge in [-0.05, 0) is 37.7 Å². The summed E-state index contributed by atoms with van der Waals surface area (Å²) in [5.74, 6) is -1.37. The number of amides is 1. The molecule has 1 aliphatic heterocycles. The lowest BCUT2D eigenvalue weighted by Gasteiger charge is -2.28. The fourth-order valence-corrected chi connectivity index (χ4v) is 3.66. The summed E-state index contributed by atoms with van der Waals surface area (Å²) in [5.41, 5.74) is 2.46. The zero-order valence-corrected chi connectivity index (χ0v) is 17.1. The molecule has 29 heavy (non-hydrogen) atoms. The first-order valence-electron chi connectivity index (χ1n) is 9.95. The molecule has 0 radical (unpaired) electrons. The van der Waals surface area contributed by atoms with E-state index in [2.05, 4.69) is 23.7 Å². The summed E-state index contributed by atoms with van der Waals surface area (Å²) >= 11 is 0. The van der Waals surface area contributed by atoms with Gasteiger partial charge in [0, 0.05) is 31.0 Å². The molecule has 0 saturated carbocycles. The van der Waals surface area contributed by atoms with Gasteiger partial charge in [-0.1, -0.05) is 43.7 Å². The van der Waals surface area contributed by atoms with E-state index in [0.717, 1.165) is 24.2 Å². The van der Waals surface area contributed by atoms with Crippen molar-refractivity contribution < 1.29 is 14.7 Å². The lowest BCUT2D eigenvalue weighted by molar-refractivity contribution is -0.140. The van der Waals surface area contributed by atoms with Crippen LogP contribution in [0.25, 0.3) is 5.76 Å². The van der Waals surface area contributed by atoms with Crippen LogP contribution in [0.2, 0.25) is 0 Å². The van der Waals surface area contributed by atoms with Crippen LogP contribution in [0.4, 0.5) is 0 Å². The predicted octanol–water partition coefficient (Wildman–Crippen LogP) is 3.15. The van der Waals surface area contributed by atoms with E-state index in [1.165, 1.54) is 0 Å². The zero-order valence-electron chi connectivity index (χ0n) is 17.1. The molecule has 3 rings (SSSR count). The fourth-order valence-electron chi connectivity index (χ4n) is 3.66. The van der Waals surface area contributed by atoms with Crippen molar-refractivity contribution in [2.75, 3.05) is 26.2 Å². The normalized spacial score (nSPS) is 18.6. The zero-order chi connectivity index (χ0) is 21.0. The molecule has 6 nitrogen and oxygen atoms in total. The van der Waals surface area contributed by atoms with Gasteiger partial charge in [0.1, 0.15) is 5.76 Å². The lowest BCUT2D eigenvalue weighted by Crippen LogP contribution is -2.38. The number of likely N-dealkylation sites (tertiary alicyclic amines) is 1. The molecule has 1 aromatic carbocycles. The molecule has 1 aliphatic rings. The number of ketones is 1. The summed E-state index contributed by atoms with van der Waals surface area (Å²) in [5, 5.41) is 11.0. The number of aliphatic hydroxyl groups excluding tert-OH is 1. The van der Waals surface area contributed by atoms with Gasteiger partial charge in [0.2, 0.25) is 0 Å². The van der Waals surface area contributed by atoms with Crippen LogP contribution >= 0.6 is 0 Å². The predicted molar refractivity (Wildman–Crippen MR) is 112 cm³/mol. The number of carbonyl (C=O) groups is 2. The summed E-state index contributed by atoms with van der Waals surface area (Å²) < 4.78 is 0. The van der Waals surface area contributed by atoms with Crippen LogP contribution < -0.4 is 0 Å². The molecule has 0 spiro atoms. The average Bonchev–Trinajstić information content (AvgIpc) is 3.00. The lowest BCUT2D eigenvalue weighted by atomic mass is 9.95. The van der Waals surface area contributed by atoms with Crippen molar-refractivity contribution in [3.05, 3.63) is 71.1 Å². The molecule has 0 unspecified atom stereocenters. The molecule has 1 saturated heterocycles. The monoisotopic (exact) mass is 393 g/mol. The number of hydrogen-bond acceptors (Lipinski definition) is 5. The third-order valence-electron chi connectivity index (χ3n) is 5.44. The molecular weight excluding hydrogens is 366 g/mol. The molecule has 0 aliphatic carbocycles. The molecule has 1 N–H and O–H groups in total. The molecule has 2 aromatic rings. The molecule has 1 amide bonds. The maximum Gasteiger partial charge on any atom is 0.295 e. The van der Waals surface area contributed by atoms with E-state index in [4.69, 9.17) is 0 Å². The van der Waals surface area contributed by atoms with Gasteiger partial charge in [0.15, 0.2) is 0 Å². The summed E-state index contributed by atoms with van der Waals surface area (Å²) in [7, 11) is 0. The Labute approximate surface area is 171 Å². The Balaban J connectivity index is 2.06. The number of likely N-dealkylation sites (N-methyl/N-ethyl adjacent to an activating group) is 1. The Morgan fingerprint density at radius 3 is 2.28 bits per heavy atom. The van der Waals surface area contributed by atoms with Crippen molar-refractivity contribution in [2.45, 2.75) is 26.8 Å². The van der Waals surface area contributed by atoms with Crippen LogP contribution in [0.5, 0.6) is 0 Å². The number of Topliss-reactive ketones (excluding diaryl/α,β-unsaturated/α-hetero) is 1. The van der Waals surface area contributed by atoms with Gasteiger partial charge in [-0.25, -0.2) is 0 Å². The number of aryl methyl sites for hydroxylation is 1. The van der Waals surface area contributed by atoms with Gasteiger partial charge in [0.05, 0.1) is 11.6 Å². The van der Waals surface area contributed by atoms with E-state index < -0.39 is 17.7 Å². The van der Waals surface area contributed by atoms with Crippen LogP contribution in [-0.2, 0) is 9.59 Å². The molecule has 2 heterocycles. The van der Waals surface area contributed by atoms with Gasteiger partial charge >= 0.3 is 0 Å². The minimum absolute atomic E-state index is 0.129. The third kappa shape index (κ3) is 4.22. The highest BCUT2D eigenvalue weighted by Gasteiger charge is 2.45. The van der Waals surface area contributed by atoms with Crippen molar-refractivity contribution >= 4 is 17.4 Å². The van der Waals surface area contributed by atoms with Crippen molar-refractivity contribution in [2.24, 2.45) is 0 Å². The van der Waals surface area contributed by atoms with Gasteiger partial charge < -0.3 is 14.9 Å². The second-order valence-corrected chi connectivity index (χ2v) is 7.17. The van der Waals surface area contributed by atoms with E-state index in [0.29, 0.717) is 18.7 Å². The van der Waals surface area contributed by atoms with Crippen molar-refractivity contribution in [1.82, 2.24) is 14.8 Å². The molecule has 1 fully saturated rings. The first-order valence-corrected chi connectivity index (χ1v) is 9.95. The second kappa shape index (κ2) is 9.01. The molecule has 152 valence electrons. The smallest absolute Gasteiger partial charge is 0.295 e. The SMILES string of the molecule is CCN(CC)CCN1C(=O)C(=O)/C(=C(/O)c2ccc(C)cc2)[C@@H]1c1ccncc1. The van der Waals surface area contributed by atoms with E-state index in [-0.39, 0.29) is 11.3 Å². The summed E-state index contributed by atoms with van der Waals surface area (Å²) in [4.78, 5) is 33.6.